The third kappa shape index (κ3) is 12.5. The van der Waals surface area contributed by atoms with Crippen molar-refractivity contribution in [1.82, 2.24) is 10.6 Å². The van der Waals surface area contributed by atoms with E-state index in [0.29, 0.717) is 0 Å². The Hall–Kier alpha value is -2.08. The van der Waals surface area contributed by atoms with E-state index in [1.54, 1.807) is 19.1 Å². The fourth-order valence-corrected chi connectivity index (χ4v) is 3.80. The van der Waals surface area contributed by atoms with Crippen molar-refractivity contribution in [3.63, 3.8) is 0 Å². The van der Waals surface area contributed by atoms with Crippen LogP contribution in [0.1, 0.15) is 78.2 Å². The minimum atomic E-state index is -0.0611. The number of rotatable bonds is 8. The molecule has 2 amide bonds. The number of benzene rings is 1. The standard InChI is InChI=1S/C12H23NO2.C12H17NO2/c2*1-9(13-10(2)14)3-4-11-5-7-12(15)8-6-11/h9,11-12,15H,3-8H2,1-2H3,(H,13,14);5-9,15H,3-4H2,1-2H3,(H,13,14). The van der Waals surface area contributed by atoms with Crippen LogP contribution in [0.3, 0.4) is 0 Å². The van der Waals surface area contributed by atoms with E-state index in [1.807, 2.05) is 19.1 Å². The van der Waals surface area contributed by atoms with Gasteiger partial charge in [-0.15, -0.1) is 0 Å². The molecule has 6 heteroatoms. The van der Waals surface area contributed by atoms with E-state index >= 15 is 0 Å². The summed E-state index contributed by atoms with van der Waals surface area (Å²) in [7, 11) is 0. The van der Waals surface area contributed by atoms with Crippen molar-refractivity contribution in [2.45, 2.75) is 97.2 Å². The minimum Gasteiger partial charge on any atom is -0.508 e. The Morgan fingerprint density at radius 3 is 1.93 bits per heavy atom. The molecule has 0 bridgehead atoms. The average molecular weight is 421 g/mol. The molecule has 1 aliphatic rings. The number of aliphatic hydroxyl groups excluding tert-OH is 1. The molecule has 0 heterocycles. The van der Waals surface area contributed by atoms with E-state index in [2.05, 4.69) is 17.6 Å². The number of phenols is 1. The molecule has 2 unspecified atom stereocenters. The normalized spacial score (nSPS) is 20.3. The lowest BCUT2D eigenvalue weighted by molar-refractivity contribution is -0.120. The van der Waals surface area contributed by atoms with Gasteiger partial charge in [0.1, 0.15) is 5.75 Å². The number of aryl methyl sites for hydroxylation is 1. The first-order valence-electron chi connectivity index (χ1n) is 11.2. The Bertz CT molecular complexity index is 625. The molecule has 4 N–H and O–H groups in total. The Balaban J connectivity index is 0.000000300. The molecule has 1 saturated carbocycles. The Labute approximate surface area is 181 Å². The summed E-state index contributed by atoms with van der Waals surface area (Å²) in [6, 6.07) is 7.63. The molecule has 170 valence electrons. The smallest absolute Gasteiger partial charge is 0.217 e. The predicted octanol–water partition coefficient (Wildman–Crippen LogP) is 3.69. The fourth-order valence-electron chi connectivity index (χ4n) is 3.80. The second kappa shape index (κ2) is 14.0. The first-order chi connectivity index (χ1) is 14.2. The second-order valence-corrected chi connectivity index (χ2v) is 8.66. The number of aliphatic hydroxyl groups is 1. The summed E-state index contributed by atoms with van der Waals surface area (Å²) in [5.74, 6) is 1.10. The first-order valence-corrected chi connectivity index (χ1v) is 11.2. The van der Waals surface area contributed by atoms with Crippen LogP contribution >= 0.6 is 0 Å². The molecule has 30 heavy (non-hydrogen) atoms. The van der Waals surface area contributed by atoms with E-state index < -0.39 is 0 Å². The Kier molecular flexibility index (Phi) is 12.1. The van der Waals surface area contributed by atoms with Gasteiger partial charge in [0.2, 0.25) is 11.8 Å². The van der Waals surface area contributed by atoms with Gasteiger partial charge in [-0.2, -0.15) is 0 Å². The van der Waals surface area contributed by atoms with Crippen molar-refractivity contribution in [3.8, 4) is 5.75 Å². The van der Waals surface area contributed by atoms with E-state index in [1.165, 1.54) is 18.9 Å². The van der Waals surface area contributed by atoms with Crippen LogP contribution in [0.25, 0.3) is 0 Å². The van der Waals surface area contributed by atoms with E-state index in [4.69, 9.17) is 5.11 Å². The zero-order valence-corrected chi connectivity index (χ0v) is 19.0. The maximum atomic E-state index is 10.8. The molecular formula is C24H40N2O4. The highest BCUT2D eigenvalue weighted by Crippen LogP contribution is 2.28. The van der Waals surface area contributed by atoms with Crippen LogP contribution in [0.2, 0.25) is 0 Å². The molecule has 1 aromatic carbocycles. The maximum Gasteiger partial charge on any atom is 0.217 e. The monoisotopic (exact) mass is 420 g/mol. The highest BCUT2D eigenvalue weighted by atomic mass is 16.3. The molecular weight excluding hydrogens is 380 g/mol. The summed E-state index contributed by atoms with van der Waals surface area (Å²) in [5, 5.41) is 24.2. The molecule has 1 aromatic rings. The SMILES string of the molecule is CC(=O)NC(C)CCC1CCC(O)CC1.CC(=O)NC(C)CCc1ccc(O)cc1. The lowest BCUT2D eigenvalue weighted by Gasteiger charge is -2.26. The summed E-state index contributed by atoms with van der Waals surface area (Å²) in [5.41, 5.74) is 1.17. The van der Waals surface area contributed by atoms with Gasteiger partial charge in [0, 0.05) is 25.9 Å². The van der Waals surface area contributed by atoms with Crippen molar-refractivity contribution >= 4 is 11.8 Å². The van der Waals surface area contributed by atoms with Gasteiger partial charge in [-0.05, 0) is 88.8 Å². The molecule has 0 spiro atoms. The quantitative estimate of drug-likeness (QED) is 0.515. The van der Waals surface area contributed by atoms with Crippen molar-refractivity contribution in [1.29, 1.82) is 0 Å². The van der Waals surface area contributed by atoms with Crippen LogP contribution < -0.4 is 10.6 Å². The first kappa shape index (κ1) is 26.0. The van der Waals surface area contributed by atoms with Gasteiger partial charge in [0.05, 0.1) is 6.10 Å². The van der Waals surface area contributed by atoms with Gasteiger partial charge in [0.25, 0.3) is 0 Å². The number of carbonyl (C=O) groups is 2. The summed E-state index contributed by atoms with van der Waals surface area (Å²) in [4.78, 5) is 21.6. The predicted molar refractivity (Wildman–Crippen MR) is 120 cm³/mol. The van der Waals surface area contributed by atoms with Crippen LogP contribution in [0, 0.1) is 5.92 Å². The van der Waals surface area contributed by atoms with Gasteiger partial charge < -0.3 is 20.8 Å². The van der Waals surface area contributed by atoms with Gasteiger partial charge in [0.15, 0.2) is 0 Å². The number of carbonyl (C=O) groups excluding carboxylic acids is 2. The number of aromatic hydroxyl groups is 1. The molecule has 2 atom stereocenters. The zero-order chi connectivity index (χ0) is 22.5. The number of phenolic OH excluding ortho intramolecular Hbond substituents is 1. The molecule has 0 radical (unpaired) electrons. The number of nitrogens with one attached hydrogen (secondary N) is 2. The van der Waals surface area contributed by atoms with Crippen LogP contribution in [-0.2, 0) is 16.0 Å². The number of hydrogen-bond acceptors (Lipinski definition) is 4. The van der Waals surface area contributed by atoms with Crippen LogP contribution in [0.15, 0.2) is 24.3 Å². The summed E-state index contributed by atoms with van der Waals surface area (Å²) < 4.78 is 0. The van der Waals surface area contributed by atoms with Crippen molar-refractivity contribution < 1.29 is 19.8 Å². The molecule has 0 aliphatic heterocycles. The molecule has 0 aromatic heterocycles. The van der Waals surface area contributed by atoms with Crippen LogP contribution in [-0.4, -0.2) is 40.2 Å². The Morgan fingerprint density at radius 1 is 0.933 bits per heavy atom. The minimum absolute atomic E-state index is 0.00760. The lowest BCUT2D eigenvalue weighted by Crippen LogP contribution is -2.31. The summed E-state index contributed by atoms with van der Waals surface area (Å²) in [6.45, 7) is 7.13. The van der Waals surface area contributed by atoms with E-state index in [-0.39, 0.29) is 35.8 Å². The maximum absolute atomic E-state index is 10.8. The topological polar surface area (TPSA) is 98.7 Å². The number of amides is 2. The fraction of sp³-hybridized carbons (Fsp3) is 0.667. The van der Waals surface area contributed by atoms with Gasteiger partial charge >= 0.3 is 0 Å². The van der Waals surface area contributed by atoms with Gasteiger partial charge in [-0.1, -0.05) is 12.1 Å². The Morgan fingerprint density at radius 2 is 1.43 bits per heavy atom. The van der Waals surface area contributed by atoms with Crippen LogP contribution in [0.5, 0.6) is 5.75 Å². The third-order valence-electron chi connectivity index (χ3n) is 5.53. The third-order valence-corrected chi connectivity index (χ3v) is 5.53. The molecule has 1 aliphatic carbocycles. The number of hydrogen-bond donors (Lipinski definition) is 4. The summed E-state index contributed by atoms with van der Waals surface area (Å²) in [6.07, 6.45) is 8.19. The van der Waals surface area contributed by atoms with Gasteiger partial charge in [-0.3, -0.25) is 9.59 Å². The molecule has 1 fully saturated rings. The second-order valence-electron chi connectivity index (χ2n) is 8.66. The molecule has 2 rings (SSSR count). The highest BCUT2D eigenvalue weighted by molar-refractivity contribution is 5.73. The largest absolute Gasteiger partial charge is 0.508 e. The van der Waals surface area contributed by atoms with E-state index in [0.717, 1.165) is 50.9 Å². The zero-order valence-electron chi connectivity index (χ0n) is 19.0. The highest BCUT2D eigenvalue weighted by Gasteiger charge is 2.19. The van der Waals surface area contributed by atoms with Crippen LogP contribution in [0.4, 0.5) is 0 Å². The van der Waals surface area contributed by atoms with Crippen molar-refractivity contribution in [2.75, 3.05) is 0 Å². The van der Waals surface area contributed by atoms with Crippen molar-refractivity contribution in [3.05, 3.63) is 29.8 Å². The van der Waals surface area contributed by atoms with E-state index in [9.17, 15) is 14.7 Å². The molecule has 6 nitrogen and oxygen atoms in total. The van der Waals surface area contributed by atoms with Gasteiger partial charge in [-0.25, -0.2) is 0 Å². The average Bonchev–Trinajstić information content (AvgIpc) is 2.66. The molecule has 0 saturated heterocycles. The summed E-state index contributed by atoms with van der Waals surface area (Å²) >= 11 is 0. The van der Waals surface area contributed by atoms with Crippen molar-refractivity contribution in [2.24, 2.45) is 5.92 Å². The lowest BCUT2D eigenvalue weighted by atomic mass is 9.84.